The van der Waals surface area contributed by atoms with E-state index in [1.165, 1.54) is 6.07 Å². The van der Waals surface area contributed by atoms with Crippen LogP contribution in [0.3, 0.4) is 0 Å². The average Bonchev–Trinajstić information content (AvgIpc) is 2.83. The summed E-state index contributed by atoms with van der Waals surface area (Å²) in [5.74, 6) is 0.102. The number of carbonyl (C=O) groups is 1. The fraction of sp³-hybridized carbons (Fsp3) is 0.533. The van der Waals surface area contributed by atoms with Crippen LogP contribution in [0, 0.1) is 5.82 Å². The van der Waals surface area contributed by atoms with Crippen molar-refractivity contribution in [1.82, 2.24) is 10.2 Å². The third-order valence-electron chi connectivity index (χ3n) is 4.34. The van der Waals surface area contributed by atoms with Crippen LogP contribution in [0.2, 0.25) is 0 Å². The Balaban J connectivity index is 1.76. The SMILES string of the molecule is CN1C[C@H](N[C@@H]2CCc3c(F)ccc(Br)c32)CCC1=O. The molecule has 1 amide bonds. The summed E-state index contributed by atoms with van der Waals surface area (Å²) in [7, 11) is 1.84. The van der Waals surface area contributed by atoms with Crippen LogP contribution < -0.4 is 5.32 Å². The van der Waals surface area contributed by atoms with Gasteiger partial charge in [0.15, 0.2) is 0 Å². The Bertz CT molecular complexity index is 549. The first-order valence-electron chi connectivity index (χ1n) is 7.03. The van der Waals surface area contributed by atoms with Crippen LogP contribution in [-0.2, 0) is 11.2 Å². The standard InChI is InChI=1S/C15H18BrFN2O/c1-19-8-9(2-7-14(19)20)18-13-6-3-10-12(17)5-4-11(16)15(10)13/h4-5,9,13,18H,2-3,6-8H2,1H3/t9-,13-/m1/s1. The second-order valence-corrected chi connectivity index (χ2v) is 6.54. The summed E-state index contributed by atoms with van der Waals surface area (Å²) in [5.41, 5.74) is 1.89. The average molecular weight is 341 g/mol. The Morgan fingerprint density at radius 2 is 2.15 bits per heavy atom. The zero-order valence-corrected chi connectivity index (χ0v) is 13.0. The Hall–Kier alpha value is -0.940. The normalized spacial score (nSPS) is 25.9. The van der Waals surface area contributed by atoms with Gasteiger partial charge in [-0.2, -0.15) is 0 Å². The van der Waals surface area contributed by atoms with Crippen LogP contribution >= 0.6 is 15.9 Å². The summed E-state index contributed by atoms with van der Waals surface area (Å²) in [4.78, 5) is 13.3. The Morgan fingerprint density at radius 1 is 1.35 bits per heavy atom. The summed E-state index contributed by atoms with van der Waals surface area (Å²) < 4.78 is 14.8. The van der Waals surface area contributed by atoms with Gasteiger partial charge in [0.05, 0.1) is 0 Å². The van der Waals surface area contributed by atoms with Crippen molar-refractivity contribution in [2.75, 3.05) is 13.6 Å². The second-order valence-electron chi connectivity index (χ2n) is 5.69. The molecule has 3 rings (SSSR count). The molecule has 1 saturated heterocycles. The highest BCUT2D eigenvalue weighted by atomic mass is 79.9. The number of halogens is 2. The molecule has 0 aromatic heterocycles. The molecular weight excluding hydrogens is 323 g/mol. The lowest BCUT2D eigenvalue weighted by atomic mass is 10.0. The molecule has 1 aliphatic carbocycles. The summed E-state index contributed by atoms with van der Waals surface area (Å²) in [6.45, 7) is 0.734. The van der Waals surface area contributed by atoms with Crippen molar-refractivity contribution in [2.45, 2.75) is 37.8 Å². The first-order valence-corrected chi connectivity index (χ1v) is 7.82. The molecule has 1 heterocycles. The molecule has 0 bridgehead atoms. The van der Waals surface area contributed by atoms with E-state index in [0.717, 1.165) is 41.4 Å². The lowest BCUT2D eigenvalue weighted by molar-refractivity contribution is -0.132. The molecule has 5 heteroatoms. The second kappa shape index (κ2) is 5.45. The molecule has 0 spiro atoms. The van der Waals surface area contributed by atoms with Gasteiger partial charge >= 0.3 is 0 Å². The number of likely N-dealkylation sites (N-methyl/N-ethyl adjacent to an activating group) is 1. The smallest absolute Gasteiger partial charge is 0.222 e. The molecule has 20 heavy (non-hydrogen) atoms. The fourth-order valence-electron chi connectivity index (χ4n) is 3.27. The fourth-order valence-corrected chi connectivity index (χ4v) is 3.92. The monoisotopic (exact) mass is 340 g/mol. The molecule has 3 nitrogen and oxygen atoms in total. The minimum atomic E-state index is -0.108. The molecule has 0 radical (unpaired) electrons. The molecule has 108 valence electrons. The van der Waals surface area contributed by atoms with E-state index in [1.54, 1.807) is 11.0 Å². The number of hydrogen-bond acceptors (Lipinski definition) is 2. The first kappa shape index (κ1) is 14.0. The van der Waals surface area contributed by atoms with E-state index in [0.29, 0.717) is 12.5 Å². The number of rotatable bonds is 2. The molecule has 0 unspecified atom stereocenters. The van der Waals surface area contributed by atoms with Gasteiger partial charge in [0.2, 0.25) is 5.91 Å². The van der Waals surface area contributed by atoms with E-state index in [1.807, 2.05) is 7.05 Å². The van der Waals surface area contributed by atoms with Gasteiger partial charge in [-0.05, 0) is 42.5 Å². The van der Waals surface area contributed by atoms with Crippen molar-refractivity contribution in [3.63, 3.8) is 0 Å². The Kier molecular flexibility index (Phi) is 3.82. The topological polar surface area (TPSA) is 32.3 Å². The highest BCUT2D eigenvalue weighted by Gasteiger charge is 2.31. The van der Waals surface area contributed by atoms with E-state index in [4.69, 9.17) is 0 Å². The molecule has 1 aromatic rings. The molecule has 2 aliphatic rings. The highest BCUT2D eigenvalue weighted by molar-refractivity contribution is 9.10. The summed E-state index contributed by atoms with van der Waals surface area (Å²) in [6, 6.07) is 3.79. The van der Waals surface area contributed by atoms with E-state index < -0.39 is 0 Å². The van der Waals surface area contributed by atoms with Crippen LogP contribution in [0.15, 0.2) is 16.6 Å². The number of hydrogen-bond donors (Lipinski definition) is 1. The number of carbonyl (C=O) groups excluding carboxylic acids is 1. The number of likely N-dealkylation sites (tertiary alicyclic amines) is 1. The van der Waals surface area contributed by atoms with Crippen molar-refractivity contribution in [3.05, 3.63) is 33.5 Å². The molecule has 1 N–H and O–H groups in total. The van der Waals surface area contributed by atoms with Crippen molar-refractivity contribution in [1.29, 1.82) is 0 Å². The van der Waals surface area contributed by atoms with E-state index >= 15 is 0 Å². The zero-order chi connectivity index (χ0) is 14.3. The van der Waals surface area contributed by atoms with Crippen LogP contribution in [0.25, 0.3) is 0 Å². The maximum Gasteiger partial charge on any atom is 0.222 e. The van der Waals surface area contributed by atoms with Crippen LogP contribution in [0.4, 0.5) is 4.39 Å². The maximum atomic E-state index is 13.8. The summed E-state index contributed by atoms with van der Waals surface area (Å²) >= 11 is 3.54. The van der Waals surface area contributed by atoms with Crippen LogP contribution in [0.1, 0.15) is 36.4 Å². The van der Waals surface area contributed by atoms with Gasteiger partial charge in [-0.3, -0.25) is 4.79 Å². The number of fused-ring (bicyclic) bond motifs is 1. The quantitative estimate of drug-likeness (QED) is 0.897. The molecule has 0 saturated carbocycles. The highest BCUT2D eigenvalue weighted by Crippen LogP contribution is 2.38. The molecule has 1 fully saturated rings. The van der Waals surface area contributed by atoms with Crippen molar-refractivity contribution >= 4 is 21.8 Å². The lowest BCUT2D eigenvalue weighted by Crippen LogP contribution is -2.47. The third kappa shape index (κ3) is 2.49. The van der Waals surface area contributed by atoms with Gasteiger partial charge in [0.1, 0.15) is 5.82 Å². The van der Waals surface area contributed by atoms with Crippen LogP contribution in [-0.4, -0.2) is 30.4 Å². The number of piperidine rings is 1. The molecule has 1 aliphatic heterocycles. The van der Waals surface area contributed by atoms with E-state index in [2.05, 4.69) is 21.2 Å². The Morgan fingerprint density at radius 3 is 2.90 bits per heavy atom. The van der Waals surface area contributed by atoms with E-state index in [9.17, 15) is 9.18 Å². The van der Waals surface area contributed by atoms with Gasteiger partial charge < -0.3 is 10.2 Å². The minimum absolute atomic E-state index is 0.108. The van der Waals surface area contributed by atoms with E-state index in [-0.39, 0.29) is 17.8 Å². The minimum Gasteiger partial charge on any atom is -0.344 e. The van der Waals surface area contributed by atoms with Gasteiger partial charge in [-0.25, -0.2) is 4.39 Å². The van der Waals surface area contributed by atoms with Gasteiger partial charge in [0.25, 0.3) is 0 Å². The largest absolute Gasteiger partial charge is 0.344 e. The number of nitrogens with one attached hydrogen (secondary N) is 1. The first-order chi connectivity index (χ1) is 9.56. The summed E-state index contributed by atoms with van der Waals surface area (Å²) in [6.07, 6.45) is 3.16. The van der Waals surface area contributed by atoms with Gasteiger partial charge in [0, 0.05) is 36.6 Å². The number of nitrogens with zero attached hydrogens (tertiary/aromatic N) is 1. The zero-order valence-electron chi connectivity index (χ0n) is 11.5. The lowest BCUT2D eigenvalue weighted by Gasteiger charge is -2.32. The van der Waals surface area contributed by atoms with Crippen molar-refractivity contribution in [2.24, 2.45) is 0 Å². The van der Waals surface area contributed by atoms with Crippen LogP contribution in [0.5, 0.6) is 0 Å². The maximum absolute atomic E-state index is 13.8. The predicted octanol–water partition coefficient (Wildman–Crippen LogP) is 2.79. The Labute approximate surface area is 126 Å². The van der Waals surface area contributed by atoms with Crippen molar-refractivity contribution < 1.29 is 9.18 Å². The van der Waals surface area contributed by atoms with Gasteiger partial charge in [-0.1, -0.05) is 15.9 Å². The summed E-state index contributed by atoms with van der Waals surface area (Å²) in [5, 5.41) is 3.60. The van der Waals surface area contributed by atoms with Crippen molar-refractivity contribution in [3.8, 4) is 0 Å². The predicted molar refractivity (Wildman–Crippen MR) is 79.0 cm³/mol. The van der Waals surface area contributed by atoms with Gasteiger partial charge in [-0.15, -0.1) is 0 Å². The number of amides is 1. The third-order valence-corrected chi connectivity index (χ3v) is 5.03. The molecular formula is C15H18BrFN2O. The number of benzene rings is 1. The molecule has 1 aromatic carbocycles. The molecule has 2 atom stereocenters.